The maximum atomic E-state index is 13.1. The van der Waals surface area contributed by atoms with E-state index in [1.54, 1.807) is 23.5 Å². The molecule has 1 unspecified atom stereocenters. The lowest BCUT2D eigenvalue weighted by Crippen LogP contribution is -2.35. The Kier molecular flexibility index (Phi) is 5.22. The summed E-state index contributed by atoms with van der Waals surface area (Å²) in [7, 11) is 0. The third-order valence-corrected chi connectivity index (χ3v) is 5.89. The van der Waals surface area contributed by atoms with Crippen LogP contribution in [0.3, 0.4) is 0 Å². The third-order valence-electron chi connectivity index (χ3n) is 4.62. The molecule has 1 aliphatic heterocycles. The van der Waals surface area contributed by atoms with Gasteiger partial charge in [0.05, 0.1) is 11.3 Å². The van der Waals surface area contributed by atoms with Crippen molar-refractivity contribution in [1.29, 1.82) is 0 Å². The number of Topliss-reactive ketones (excluding diaryl/α,β-unsaturated/α-hetero) is 1. The molecule has 2 heterocycles. The quantitative estimate of drug-likeness (QED) is 0.754. The Morgan fingerprint density at radius 1 is 1.12 bits per heavy atom. The van der Waals surface area contributed by atoms with E-state index in [1.165, 1.54) is 0 Å². The summed E-state index contributed by atoms with van der Waals surface area (Å²) in [6.07, 6.45) is 1.22. The summed E-state index contributed by atoms with van der Waals surface area (Å²) < 4.78 is 26.2. The zero-order valence-electron chi connectivity index (χ0n) is 14.2. The maximum absolute atomic E-state index is 13.1. The van der Waals surface area contributed by atoms with Crippen molar-refractivity contribution in [3.05, 3.63) is 57.8 Å². The number of ether oxygens (including phenoxy) is 1. The van der Waals surface area contributed by atoms with E-state index in [1.807, 2.05) is 42.8 Å². The lowest BCUT2D eigenvalue weighted by Gasteiger charge is -2.25. The molecule has 0 bridgehead atoms. The highest BCUT2D eigenvalue weighted by atomic mass is 32.2. The zero-order chi connectivity index (χ0) is 18.0. The van der Waals surface area contributed by atoms with Crippen LogP contribution in [0.1, 0.15) is 43.4 Å². The highest BCUT2D eigenvalue weighted by Gasteiger charge is 2.47. The van der Waals surface area contributed by atoms with Crippen LogP contribution in [0.4, 0.5) is 0 Å². The molecule has 0 aliphatic carbocycles. The lowest BCUT2D eigenvalue weighted by atomic mass is 9.87. The number of benzene rings is 1. The summed E-state index contributed by atoms with van der Waals surface area (Å²) in [6, 6.07) is 9.23. The van der Waals surface area contributed by atoms with Gasteiger partial charge in [0.1, 0.15) is 5.76 Å². The number of carbonyl (C=O) groups is 1. The molecule has 1 aromatic carbocycles. The van der Waals surface area contributed by atoms with Crippen LogP contribution in [0.5, 0.6) is 0 Å². The van der Waals surface area contributed by atoms with Gasteiger partial charge in [-0.25, -0.2) is 4.21 Å². The fourth-order valence-electron chi connectivity index (χ4n) is 3.11. The molecule has 6 heteroatoms. The van der Waals surface area contributed by atoms with Crippen molar-refractivity contribution in [3.8, 4) is 0 Å². The van der Waals surface area contributed by atoms with Gasteiger partial charge in [-0.1, -0.05) is 38.1 Å². The normalized spacial score (nSPS) is 17.6. The summed E-state index contributed by atoms with van der Waals surface area (Å²) in [6.45, 7) is 3.93. The second-order valence-electron chi connectivity index (χ2n) is 6.01. The topological polar surface area (TPSA) is 63.6 Å². The van der Waals surface area contributed by atoms with Crippen LogP contribution in [0.15, 0.2) is 41.1 Å². The molecule has 4 nitrogen and oxygen atoms in total. The summed E-state index contributed by atoms with van der Waals surface area (Å²) >= 11 is -0.327. The van der Waals surface area contributed by atoms with Crippen molar-refractivity contribution in [2.45, 2.75) is 38.0 Å². The van der Waals surface area contributed by atoms with Crippen molar-refractivity contribution < 1.29 is 18.3 Å². The molecule has 0 saturated carbocycles. The first-order valence-electron chi connectivity index (χ1n) is 8.18. The van der Waals surface area contributed by atoms with Crippen molar-refractivity contribution in [3.63, 3.8) is 0 Å². The van der Waals surface area contributed by atoms with E-state index in [2.05, 4.69) is 0 Å². The second kappa shape index (κ2) is 7.23. The third kappa shape index (κ3) is 3.34. The predicted molar refractivity (Wildman–Crippen MR) is 101 cm³/mol. The number of ketones is 1. The Hall–Kier alpha value is -1.76. The van der Waals surface area contributed by atoms with E-state index < -0.39 is 16.7 Å². The molecule has 25 heavy (non-hydrogen) atoms. The fourth-order valence-corrected chi connectivity index (χ4v) is 4.23. The smallest absolute Gasteiger partial charge is 0.210 e. The maximum Gasteiger partial charge on any atom is 0.210 e. The van der Waals surface area contributed by atoms with Crippen molar-refractivity contribution in [2.24, 2.45) is 0 Å². The molecule has 0 amide bonds. The minimum absolute atomic E-state index is 0.0337. The zero-order valence-corrected chi connectivity index (χ0v) is 15.8. The van der Waals surface area contributed by atoms with E-state index in [0.29, 0.717) is 24.2 Å². The number of thiophene rings is 1. The molecule has 1 aliphatic rings. The molecule has 2 aromatic rings. The molecule has 3 rings (SSSR count). The van der Waals surface area contributed by atoms with Gasteiger partial charge in [-0.15, -0.1) is 0 Å². The lowest BCUT2D eigenvalue weighted by molar-refractivity contribution is -0.128. The molecule has 132 valence electrons. The van der Waals surface area contributed by atoms with Crippen molar-refractivity contribution >= 4 is 39.5 Å². The Morgan fingerprint density at radius 3 is 2.32 bits per heavy atom. The predicted octanol–water partition coefficient (Wildman–Crippen LogP) is 4.50. The molecular formula is C19H20O4S2. The number of hydrogen-bond donors (Lipinski definition) is 1. The number of hydrogen-bond acceptors (Lipinski definition) is 4. The van der Waals surface area contributed by atoms with Crippen molar-refractivity contribution in [2.75, 3.05) is 0 Å². The summed E-state index contributed by atoms with van der Waals surface area (Å²) in [5.74, 6) is 0.722. The second-order valence-corrected chi connectivity index (χ2v) is 7.72. The van der Waals surface area contributed by atoms with Crippen LogP contribution in [0.2, 0.25) is 0 Å². The SMILES string of the molecule is CCC1(CC)OC(c2ccc(CS(=O)O)cc2)=C(c2ccsc2)C1=O. The van der Waals surface area contributed by atoms with Gasteiger partial charge in [-0.05, 0) is 40.8 Å². The molecular weight excluding hydrogens is 356 g/mol. The average Bonchev–Trinajstić information content (AvgIpc) is 3.21. The van der Waals surface area contributed by atoms with Crippen LogP contribution < -0.4 is 0 Å². The van der Waals surface area contributed by atoms with Gasteiger partial charge < -0.3 is 9.29 Å². The largest absolute Gasteiger partial charge is 0.478 e. The standard InChI is InChI=1S/C19H20O4S2/c1-3-19(4-2)18(20)16(15-9-10-24-11-15)17(23-19)14-7-5-13(6-8-14)12-25(21)22/h5-11H,3-4,12H2,1-2H3,(H,21,22). The van der Waals surface area contributed by atoms with Crippen LogP contribution in [-0.4, -0.2) is 20.1 Å². The Morgan fingerprint density at radius 2 is 1.80 bits per heavy atom. The van der Waals surface area contributed by atoms with E-state index in [0.717, 1.165) is 16.7 Å². The van der Waals surface area contributed by atoms with Crippen molar-refractivity contribution in [1.82, 2.24) is 0 Å². The van der Waals surface area contributed by atoms with Gasteiger partial charge in [0.15, 0.2) is 16.7 Å². The first kappa shape index (κ1) is 18.0. The molecule has 1 aromatic heterocycles. The molecule has 1 N–H and O–H groups in total. The van der Waals surface area contributed by atoms with Crippen LogP contribution >= 0.6 is 11.3 Å². The van der Waals surface area contributed by atoms with E-state index in [-0.39, 0.29) is 11.5 Å². The Balaban J connectivity index is 2.06. The van der Waals surface area contributed by atoms with Gasteiger partial charge in [-0.2, -0.15) is 11.3 Å². The summed E-state index contributed by atoms with van der Waals surface area (Å²) in [4.78, 5) is 13.1. The van der Waals surface area contributed by atoms with E-state index in [9.17, 15) is 9.00 Å². The number of rotatable bonds is 6. The van der Waals surface area contributed by atoms with Gasteiger partial charge in [0.2, 0.25) is 5.78 Å². The Bertz CT molecular complexity index is 816. The molecule has 0 spiro atoms. The van der Waals surface area contributed by atoms with Crippen LogP contribution in [0.25, 0.3) is 11.3 Å². The van der Waals surface area contributed by atoms with Gasteiger partial charge in [0.25, 0.3) is 0 Å². The van der Waals surface area contributed by atoms with Crippen LogP contribution in [-0.2, 0) is 26.4 Å². The molecule has 0 saturated heterocycles. The minimum atomic E-state index is -1.87. The highest BCUT2D eigenvalue weighted by Crippen LogP contribution is 2.44. The van der Waals surface area contributed by atoms with Gasteiger partial charge in [-0.3, -0.25) is 4.79 Å². The molecule has 1 atom stereocenters. The van der Waals surface area contributed by atoms with Crippen LogP contribution in [0, 0.1) is 0 Å². The molecule has 0 radical (unpaired) electrons. The monoisotopic (exact) mass is 376 g/mol. The molecule has 0 fully saturated rings. The average molecular weight is 376 g/mol. The Labute approximate surface area is 153 Å². The minimum Gasteiger partial charge on any atom is -0.478 e. The highest BCUT2D eigenvalue weighted by molar-refractivity contribution is 7.78. The van der Waals surface area contributed by atoms with E-state index >= 15 is 0 Å². The first-order valence-corrected chi connectivity index (χ1v) is 10.4. The summed E-state index contributed by atoms with van der Waals surface area (Å²) in [5.41, 5.74) is 2.28. The number of carbonyl (C=O) groups excluding carboxylic acids is 1. The first-order chi connectivity index (χ1) is 12.0. The van der Waals surface area contributed by atoms with Gasteiger partial charge in [0, 0.05) is 5.56 Å². The van der Waals surface area contributed by atoms with Gasteiger partial charge >= 0.3 is 0 Å². The summed E-state index contributed by atoms with van der Waals surface area (Å²) in [5, 5.41) is 3.91. The fraction of sp³-hybridized carbons (Fsp3) is 0.316. The van der Waals surface area contributed by atoms with E-state index in [4.69, 9.17) is 9.29 Å².